The highest BCUT2D eigenvalue weighted by molar-refractivity contribution is 6.04. The molecule has 0 saturated carbocycles. The van der Waals surface area contributed by atoms with Crippen molar-refractivity contribution in [2.75, 3.05) is 45.3 Å². The topological polar surface area (TPSA) is 110 Å². The molecule has 1 fully saturated rings. The number of carbonyl (C=O) groups is 2. The number of hydrogen-bond donors (Lipinski definition) is 2. The molecule has 0 unspecified atom stereocenters. The summed E-state index contributed by atoms with van der Waals surface area (Å²) in [6.07, 6.45) is 5.04. The third-order valence-corrected chi connectivity index (χ3v) is 7.00. The molecule has 38 heavy (non-hydrogen) atoms. The summed E-state index contributed by atoms with van der Waals surface area (Å²) in [6, 6.07) is 13.3. The SMILES string of the molecule is COc1cc(/C=C/C(=O)O)c2cccc(NC(=O)C3CCN(CCc4ccc5c(c4)OCCO5)CC3)c2n1. The van der Waals surface area contributed by atoms with Gasteiger partial charge in [-0.2, -0.15) is 0 Å². The highest BCUT2D eigenvalue weighted by Gasteiger charge is 2.25. The number of nitrogens with zero attached hydrogens (tertiary/aromatic N) is 2. The van der Waals surface area contributed by atoms with Crippen LogP contribution in [-0.4, -0.2) is 66.8 Å². The molecule has 5 rings (SSSR count). The van der Waals surface area contributed by atoms with E-state index in [4.69, 9.17) is 19.3 Å². The first-order chi connectivity index (χ1) is 18.5. The van der Waals surface area contributed by atoms with Crippen LogP contribution in [0.5, 0.6) is 17.4 Å². The highest BCUT2D eigenvalue weighted by atomic mass is 16.6. The number of nitrogens with one attached hydrogen (secondary N) is 1. The second-order valence-electron chi connectivity index (χ2n) is 9.46. The Kier molecular flexibility index (Phi) is 7.74. The van der Waals surface area contributed by atoms with Crippen LogP contribution in [0.4, 0.5) is 5.69 Å². The minimum absolute atomic E-state index is 0.0313. The molecule has 0 spiro atoms. The molecule has 2 aliphatic rings. The Bertz CT molecular complexity index is 1360. The summed E-state index contributed by atoms with van der Waals surface area (Å²) in [5, 5.41) is 12.8. The number of carboxylic acid groups (broad SMARTS) is 1. The number of likely N-dealkylation sites (tertiary alicyclic amines) is 1. The number of aliphatic carboxylic acids is 1. The quantitative estimate of drug-likeness (QED) is 0.432. The second-order valence-corrected chi connectivity index (χ2v) is 9.46. The maximum absolute atomic E-state index is 13.2. The second kappa shape index (κ2) is 11.5. The van der Waals surface area contributed by atoms with Crippen molar-refractivity contribution in [3.63, 3.8) is 0 Å². The summed E-state index contributed by atoms with van der Waals surface area (Å²) in [5.74, 6) is 0.796. The lowest BCUT2D eigenvalue weighted by Crippen LogP contribution is -2.39. The number of anilines is 1. The van der Waals surface area contributed by atoms with E-state index in [0.717, 1.165) is 61.9 Å². The van der Waals surface area contributed by atoms with Gasteiger partial charge in [-0.1, -0.05) is 18.2 Å². The van der Waals surface area contributed by atoms with Crippen molar-refractivity contribution < 1.29 is 28.9 Å². The number of hydrogen-bond acceptors (Lipinski definition) is 7. The van der Waals surface area contributed by atoms with E-state index in [-0.39, 0.29) is 11.8 Å². The van der Waals surface area contributed by atoms with E-state index in [0.29, 0.717) is 35.9 Å². The van der Waals surface area contributed by atoms with E-state index in [2.05, 4.69) is 27.3 Å². The van der Waals surface area contributed by atoms with Crippen LogP contribution >= 0.6 is 0 Å². The van der Waals surface area contributed by atoms with Gasteiger partial charge in [-0.15, -0.1) is 0 Å². The maximum Gasteiger partial charge on any atom is 0.328 e. The van der Waals surface area contributed by atoms with Crippen LogP contribution < -0.4 is 19.5 Å². The Hall–Kier alpha value is -4.11. The van der Waals surface area contributed by atoms with Gasteiger partial charge in [-0.05, 0) is 67.8 Å². The molecule has 3 heterocycles. The minimum atomic E-state index is -1.05. The molecule has 2 aromatic carbocycles. The molecule has 2 N–H and O–H groups in total. The van der Waals surface area contributed by atoms with Gasteiger partial charge in [0.25, 0.3) is 0 Å². The first-order valence-electron chi connectivity index (χ1n) is 12.8. The van der Waals surface area contributed by atoms with Crippen LogP contribution in [0, 0.1) is 5.92 Å². The third-order valence-electron chi connectivity index (χ3n) is 7.00. The number of ether oxygens (including phenoxy) is 3. The molecule has 9 nitrogen and oxygen atoms in total. The normalized spacial score (nSPS) is 16.0. The van der Waals surface area contributed by atoms with Crippen molar-refractivity contribution in [2.45, 2.75) is 19.3 Å². The van der Waals surface area contributed by atoms with E-state index in [1.165, 1.54) is 18.7 Å². The van der Waals surface area contributed by atoms with Crippen LogP contribution in [0.15, 0.2) is 48.5 Å². The summed E-state index contributed by atoms with van der Waals surface area (Å²) in [6.45, 7) is 3.80. The van der Waals surface area contributed by atoms with E-state index in [9.17, 15) is 9.59 Å². The van der Waals surface area contributed by atoms with Crippen molar-refractivity contribution in [1.82, 2.24) is 9.88 Å². The first kappa shape index (κ1) is 25.5. The lowest BCUT2D eigenvalue weighted by molar-refractivity contribution is -0.131. The fraction of sp³-hybridized carbons (Fsp3) is 0.345. The lowest BCUT2D eigenvalue weighted by atomic mass is 9.95. The van der Waals surface area contributed by atoms with Crippen molar-refractivity contribution in [3.8, 4) is 17.4 Å². The molecule has 0 radical (unpaired) electrons. The first-order valence-corrected chi connectivity index (χ1v) is 12.8. The van der Waals surface area contributed by atoms with Gasteiger partial charge in [0.1, 0.15) is 13.2 Å². The number of carbonyl (C=O) groups excluding carboxylic acids is 1. The van der Waals surface area contributed by atoms with Crippen molar-refractivity contribution in [2.24, 2.45) is 5.92 Å². The average Bonchev–Trinajstić information content (AvgIpc) is 2.95. The molecular formula is C29H31N3O6. The monoisotopic (exact) mass is 517 g/mol. The molecule has 9 heteroatoms. The molecule has 1 aromatic heterocycles. The van der Waals surface area contributed by atoms with E-state index >= 15 is 0 Å². The Labute approximate surface area is 221 Å². The predicted octanol–water partition coefficient (Wildman–Crippen LogP) is 4.01. The average molecular weight is 518 g/mol. The van der Waals surface area contributed by atoms with Gasteiger partial charge in [0.2, 0.25) is 11.8 Å². The highest BCUT2D eigenvalue weighted by Crippen LogP contribution is 2.32. The number of aromatic nitrogens is 1. The summed E-state index contributed by atoms with van der Waals surface area (Å²) in [7, 11) is 1.50. The molecule has 198 valence electrons. The van der Waals surface area contributed by atoms with Gasteiger partial charge in [-0.25, -0.2) is 9.78 Å². The zero-order valence-electron chi connectivity index (χ0n) is 21.3. The number of fused-ring (bicyclic) bond motifs is 2. The summed E-state index contributed by atoms with van der Waals surface area (Å²) < 4.78 is 16.6. The zero-order valence-corrected chi connectivity index (χ0v) is 21.3. The minimum Gasteiger partial charge on any atom is -0.486 e. The number of benzene rings is 2. The van der Waals surface area contributed by atoms with E-state index in [1.54, 1.807) is 12.1 Å². The van der Waals surface area contributed by atoms with Gasteiger partial charge in [0, 0.05) is 30.0 Å². The van der Waals surface area contributed by atoms with Crippen LogP contribution in [0.2, 0.25) is 0 Å². The molecule has 1 amide bonds. The molecule has 1 saturated heterocycles. The Morgan fingerprint density at radius 2 is 1.92 bits per heavy atom. The van der Waals surface area contributed by atoms with Crippen LogP contribution in [0.3, 0.4) is 0 Å². The maximum atomic E-state index is 13.2. The predicted molar refractivity (Wildman–Crippen MR) is 144 cm³/mol. The Morgan fingerprint density at radius 1 is 1.13 bits per heavy atom. The Balaban J connectivity index is 1.20. The largest absolute Gasteiger partial charge is 0.486 e. The van der Waals surface area contributed by atoms with Crippen molar-refractivity contribution in [3.05, 3.63) is 59.7 Å². The summed E-state index contributed by atoms with van der Waals surface area (Å²) in [4.78, 5) is 31.1. The number of rotatable bonds is 8. The third kappa shape index (κ3) is 5.89. The van der Waals surface area contributed by atoms with E-state index < -0.39 is 5.97 Å². The van der Waals surface area contributed by atoms with Crippen LogP contribution in [0.25, 0.3) is 17.0 Å². The molecule has 2 aliphatic heterocycles. The number of carboxylic acids is 1. The van der Waals surface area contributed by atoms with Gasteiger partial charge in [-0.3, -0.25) is 4.79 Å². The lowest BCUT2D eigenvalue weighted by Gasteiger charge is -2.31. The molecule has 0 bridgehead atoms. The standard InChI is InChI=1S/C29H31N3O6/c1-36-26-18-21(6-8-27(33)34)22-3-2-4-23(28(22)31-26)30-29(35)20-10-13-32(14-11-20)12-9-19-5-7-24-25(17-19)38-16-15-37-24/h2-8,17-18,20H,9-16H2,1H3,(H,30,35)(H,33,34)/b8-6+. The van der Waals surface area contributed by atoms with Crippen LogP contribution in [-0.2, 0) is 16.0 Å². The van der Waals surface area contributed by atoms with Gasteiger partial charge >= 0.3 is 5.97 Å². The fourth-order valence-electron chi connectivity index (χ4n) is 4.94. The van der Waals surface area contributed by atoms with Gasteiger partial charge < -0.3 is 29.5 Å². The smallest absolute Gasteiger partial charge is 0.328 e. The number of piperidine rings is 1. The number of pyridine rings is 1. The number of para-hydroxylation sites is 1. The summed E-state index contributed by atoms with van der Waals surface area (Å²) >= 11 is 0. The molecular weight excluding hydrogens is 486 g/mol. The van der Waals surface area contributed by atoms with E-state index in [1.807, 2.05) is 18.2 Å². The van der Waals surface area contributed by atoms with Crippen molar-refractivity contribution >= 4 is 34.5 Å². The van der Waals surface area contributed by atoms with Crippen LogP contribution in [0.1, 0.15) is 24.0 Å². The molecule has 3 aromatic rings. The summed E-state index contributed by atoms with van der Waals surface area (Å²) in [5.41, 5.74) is 3.00. The molecule has 0 aliphatic carbocycles. The number of amides is 1. The fourth-order valence-corrected chi connectivity index (χ4v) is 4.94. The van der Waals surface area contributed by atoms with Gasteiger partial charge in [0.15, 0.2) is 11.5 Å². The zero-order chi connectivity index (χ0) is 26.5. The van der Waals surface area contributed by atoms with Crippen molar-refractivity contribution in [1.29, 1.82) is 0 Å². The number of methoxy groups -OCH3 is 1. The molecule has 0 atom stereocenters. The van der Waals surface area contributed by atoms with Gasteiger partial charge in [0.05, 0.1) is 18.3 Å². The Morgan fingerprint density at radius 3 is 2.68 bits per heavy atom.